The SMILES string of the molecule is COc1ccc(CN2CCC3(CC2)NC(=O)C[C@@H]3C(=O)O)cc1OC. The number of rotatable bonds is 5. The summed E-state index contributed by atoms with van der Waals surface area (Å²) in [6, 6.07) is 5.85. The number of aliphatic carboxylic acids is 1. The number of hydrogen-bond acceptors (Lipinski definition) is 5. The first-order chi connectivity index (χ1) is 12.0. The zero-order valence-electron chi connectivity index (χ0n) is 14.6. The molecule has 3 rings (SSSR count). The number of carboxylic acid groups (broad SMARTS) is 1. The lowest BCUT2D eigenvalue weighted by atomic mass is 9.77. The predicted octanol–water partition coefficient (Wildman–Crippen LogP) is 1.26. The van der Waals surface area contributed by atoms with Crippen molar-refractivity contribution in [2.45, 2.75) is 31.3 Å². The molecule has 1 aromatic rings. The quantitative estimate of drug-likeness (QED) is 0.833. The molecule has 0 aromatic heterocycles. The van der Waals surface area contributed by atoms with Gasteiger partial charge in [0.05, 0.1) is 25.7 Å². The average Bonchev–Trinajstić information content (AvgIpc) is 2.93. The summed E-state index contributed by atoms with van der Waals surface area (Å²) in [6.07, 6.45) is 1.40. The Kier molecular flexibility index (Phi) is 4.85. The first-order valence-corrected chi connectivity index (χ1v) is 8.44. The summed E-state index contributed by atoms with van der Waals surface area (Å²) in [5, 5.41) is 12.4. The van der Waals surface area contributed by atoms with Crippen LogP contribution in [-0.4, -0.2) is 54.7 Å². The Hall–Kier alpha value is -2.28. The van der Waals surface area contributed by atoms with E-state index in [0.717, 1.165) is 25.2 Å². The Morgan fingerprint density at radius 1 is 1.28 bits per heavy atom. The predicted molar refractivity (Wildman–Crippen MR) is 90.7 cm³/mol. The van der Waals surface area contributed by atoms with Gasteiger partial charge in [0.15, 0.2) is 11.5 Å². The maximum atomic E-state index is 11.7. The first kappa shape index (κ1) is 17.5. The van der Waals surface area contributed by atoms with Crippen molar-refractivity contribution < 1.29 is 24.2 Å². The summed E-state index contributed by atoms with van der Waals surface area (Å²) in [7, 11) is 3.22. The van der Waals surface area contributed by atoms with Crippen LogP contribution in [0.5, 0.6) is 11.5 Å². The molecule has 7 heteroatoms. The van der Waals surface area contributed by atoms with E-state index < -0.39 is 17.4 Å². The Morgan fingerprint density at radius 2 is 1.96 bits per heavy atom. The van der Waals surface area contributed by atoms with Gasteiger partial charge in [-0.1, -0.05) is 6.07 Å². The van der Waals surface area contributed by atoms with Crippen LogP contribution in [-0.2, 0) is 16.1 Å². The van der Waals surface area contributed by atoms with Gasteiger partial charge in [-0.3, -0.25) is 14.5 Å². The maximum Gasteiger partial charge on any atom is 0.309 e. The molecule has 136 valence electrons. The van der Waals surface area contributed by atoms with Crippen LogP contribution in [0.2, 0.25) is 0 Å². The molecule has 0 saturated carbocycles. The highest BCUT2D eigenvalue weighted by Gasteiger charge is 2.51. The third kappa shape index (κ3) is 3.42. The molecule has 0 bridgehead atoms. The molecule has 1 atom stereocenters. The largest absolute Gasteiger partial charge is 0.493 e. The van der Waals surface area contributed by atoms with Crippen LogP contribution in [0.15, 0.2) is 18.2 Å². The molecule has 2 fully saturated rings. The minimum Gasteiger partial charge on any atom is -0.493 e. The minimum atomic E-state index is -0.883. The lowest BCUT2D eigenvalue weighted by Crippen LogP contribution is -2.55. The van der Waals surface area contributed by atoms with E-state index in [0.29, 0.717) is 24.3 Å². The fourth-order valence-electron chi connectivity index (χ4n) is 3.94. The number of piperidine rings is 1. The van der Waals surface area contributed by atoms with E-state index in [2.05, 4.69) is 10.2 Å². The number of carbonyl (C=O) groups excluding carboxylic acids is 1. The summed E-state index contributed by atoms with van der Waals surface area (Å²) in [5.41, 5.74) is 0.524. The standard InChI is InChI=1S/C18H24N2O5/c1-24-14-4-3-12(9-15(14)25-2)11-20-7-5-18(6-8-20)13(17(22)23)10-16(21)19-18/h3-4,9,13H,5-8,10-11H2,1-2H3,(H,19,21)(H,22,23)/t13-/m1/s1. The zero-order chi connectivity index (χ0) is 18.0. The number of likely N-dealkylation sites (tertiary alicyclic amines) is 1. The van der Waals surface area contributed by atoms with Crippen LogP contribution in [0.4, 0.5) is 0 Å². The van der Waals surface area contributed by atoms with Gasteiger partial charge in [0.2, 0.25) is 5.91 Å². The van der Waals surface area contributed by atoms with Gasteiger partial charge in [-0.05, 0) is 30.5 Å². The van der Waals surface area contributed by atoms with Gasteiger partial charge in [-0.2, -0.15) is 0 Å². The van der Waals surface area contributed by atoms with Crippen molar-refractivity contribution in [3.8, 4) is 11.5 Å². The summed E-state index contributed by atoms with van der Waals surface area (Å²) in [5.74, 6) is -0.264. The number of amides is 1. The Morgan fingerprint density at radius 3 is 2.56 bits per heavy atom. The fraction of sp³-hybridized carbons (Fsp3) is 0.556. The number of benzene rings is 1. The zero-order valence-corrected chi connectivity index (χ0v) is 14.6. The van der Waals surface area contributed by atoms with Crippen LogP contribution in [0.1, 0.15) is 24.8 Å². The van der Waals surface area contributed by atoms with E-state index in [9.17, 15) is 14.7 Å². The Bertz CT molecular complexity index is 667. The Balaban J connectivity index is 1.65. The smallest absolute Gasteiger partial charge is 0.309 e. The van der Waals surface area contributed by atoms with E-state index in [-0.39, 0.29) is 12.3 Å². The van der Waals surface area contributed by atoms with Crippen molar-refractivity contribution in [3.63, 3.8) is 0 Å². The molecule has 1 amide bonds. The molecule has 25 heavy (non-hydrogen) atoms. The first-order valence-electron chi connectivity index (χ1n) is 8.44. The maximum absolute atomic E-state index is 11.7. The summed E-state index contributed by atoms with van der Waals surface area (Å²) in [6.45, 7) is 2.25. The van der Waals surface area contributed by atoms with Gasteiger partial charge < -0.3 is 19.9 Å². The van der Waals surface area contributed by atoms with Gasteiger partial charge in [0.25, 0.3) is 0 Å². The molecule has 0 aliphatic carbocycles. The fourth-order valence-corrected chi connectivity index (χ4v) is 3.94. The number of ether oxygens (including phenoxy) is 2. The molecule has 2 N–H and O–H groups in total. The van der Waals surface area contributed by atoms with Gasteiger partial charge in [0.1, 0.15) is 0 Å². The van der Waals surface area contributed by atoms with Crippen LogP contribution < -0.4 is 14.8 Å². The van der Waals surface area contributed by atoms with Crippen molar-refractivity contribution in [1.82, 2.24) is 10.2 Å². The van der Waals surface area contributed by atoms with Crippen molar-refractivity contribution in [2.75, 3.05) is 27.3 Å². The third-order valence-corrected chi connectivity index (χ3v) is 5.35. The molecular weight excluding hydrogens is 324 g/mol. The topological polar surface area (TPSA) is 88.1 Å². The second-order valence-electron chi connectivity index (χ2n) is 6.76. The highest BCUT2D eigenvalue weighted by atomic mass is 16.5. The van der Waals surface area contributed by atoms with Crippen LogP contribution >= 0.6 is 0 Å². The van der Waals surface area contributed by atoms with E-state index in [4.69, 9.17) is 9.47 Å². The molecule has 2 aliphatic heterocycles. The summed E-state index contributed by atoms with van der Waals surface area (Å²) in [4.78, 5) is 25.5. The number of nitrogens with zero attached hydrogens (tertiary/aromatic N) is 1. The van der Waals surface area contributed by atoms with Crippen LogP contribution in [0.25, 0.3) is 0 Å². The molecule has 1 aromatic carbocycles. The molecule has 2 aliphatic rings. The summed E-state index contributed by atoms with van der Waals surface area (Å²) < 4.78 is 10.6. The van der Waals surface area contributed by atoms with Crippen molar-refractivity contribution in [2.24, 2.45) is 5.92 Å². The van der Waals surface area contributed by atoms with Crippen molar-refractivity contribution in [1.29, 1.82) is 0 Å². The molecular formula is C18H24N2O5. The Labute approximate surface area is 146 Å². The molecule has 7 nitrogen and oxygen atoms in total. The minimum absolute atomic E-state index is 0.0883. The number of carbonyl (C=O) groups is 2. The van der Waals surface area contributed by atoms with Crippen molar-refractivity contribution >= 4 is 11.9 Å². The van der Waals surface area contributed by atoms with Gasteiger partial charge >= 0.3 is 5.97 Å². The van der Waals surface area contributed by atoms with Crippen molar-refractivity contribution in [3.05, 3.63) is 23.8 Å². The number of methoxy groups -OCH3 is 2. The number of hydrogen-bond donors (Lipinski definition) is 2. The third-order valence-electron chi connectivity index (χ3n) is 5.35. The van der Waals surface area contributed by atoms with E-state index in [1.54, 1.807) is 14.2 Å². The number of nitrogens with one attached hydrogen (secondary N) is 1. The molecule has 2 saturated heterocycles. The van der Waals surface area contributed by atoms with Gasteiger partial charge in [-0.25, -0.2) is 0 Å². The van der Waals surface area contributed by atoms with E-state index in [1.165, 1.54) is 0 Å². The lowest BCUT2D eigenvalue weighted by Gasteiger charge is -2.41. The van der Waals surface area contributed by atoms with E-state index >= 15 is 0 Å². The van der Waals surface area contributed by atoms with Crippen LogP contribution in [0.3, 0.4) is 0 Å². The molecule has 1 spiro atoms. The molecule has 0 radical (unpaired) electrons. The monoisotopic (exact) mass is 348 g/mol. The highest BCUT2D eigenvalue weighted by Crippen LogP contribution is 2.37. The molecule has 0 unspecified atom stereocenters. The number of carboxylic acids is 1. The molecule has 2 heterocycles. The second-order valence-corrected chi connectivity index (χ2v) is 6.76. The normalized spacial score (nSPS) is 22.6. The van der Waals surface area contributed by atoms with Crippen LogP contribution in [0, 0.1) is 5.92 Å². The summed E-state index contributed by atoms with van der Waals surface area (Å²) >= 11 is 0. The average molecular weight is 348 g/mol. The van der Waals surface area contributed by atoms with Gasteiger partial charge in [-0.15, -0.1) is 0 Å². The van der Waals surface area contributed by atoms with E-state index in [1.807, 2.05) is 18.2 Å². The highest BCUT2D eigenvalue weighted by molar-refractivity contribution is 5.88. The lowest BCUT2D eigenvalue weighted by molar-refractivity contribution is -0.144. The second kappa shape index (κ2) is 6.92. The van der Waals surface area contributed by atoms with Gasteiger partial charge in [0, 0.05) is 26.1 Å².